The van der Waals surface area contributed by atoms with Crippen LogP contribution in [0.3, 0.4) is 0 Å². The number of ketones is 1. The van der Waals surface area contributed by atoms with Crippen molar-refractivity contribution in [3.8, 4) is 0 Å². The monoisotopic (exact) mass is 394 g/mol. The van der Waals surface area contributed by atoms with Crippen molar-refractivity contribution in [2.75, 3.05) is 11.9 Å². The van der Waals surface area contributed by atoms with E-state index < -0.39 is 30.3 Å². The molecule has 0 heterocycles. The molecule has 7 nitrogen and oxygen atoms in total. The molecule has 2 aromatic carbocycles. The summed E-state index contributed by atoms with van der Waals surface area (Å²) in [4.78, 5) is 47.0. The van der Waals surface area contributed by atoms with E-state index in [1.165, 1.54) is 32.1 Å². The fourth-order valence-corrected chi connectivity index (χ4v) is 2.34. The van der Waals surface area contributed by atoms with Crippen molar-refractivity contribution in [1.82, 2.24) is 5.32 Å². The summed E-state index contributed by atoms with van der Waals surface area (Å²) in [5.41, 5.74) is 1.76. The van der Waals surface area contributed by atoms with E-state index >= 15 is 0 Å². The number of ether oxygens (including phenoxy) is 1. The maximum absolute atomic E-state index is 12.1. The van der Waals surface area contributed by atoms with Crippen LogP contribution < -0.4 is 10.6 Å². The Morgan fingerprint density at radius 1 is 1.00 bits per heavy atom. The Morgan fingerprint density at radius 2 is 1.66 bits per heavy atom. The number of anilines is 1. The predicted molar refractivity (Wildman–Crippen MR) is 109 cm³/mol. The Hall–Kier alpha value is -3.74. The first-order valence-electron chi connectivity index (χ1n) is 8.96. The van der Waals surface area contributed by atoms with Gasteiger partial charge >= 0.3 is 5.97 Å². The molecule has 0 unspecified atom stereocenters. The standard InChI is InChI=1S/C22H22N2O5/c1-15(23-21(27)13-8-17-6-4-3-5-7-17)22(28)29-14-20(26)18-9-11-19(12-10-18)24-16(2)25/h3-13,15H,14H2,1-2H3,(H,23,27)(H,24,25)/b13-8+/t15-/m0/s1. The summed E-state index contributed by atoms with van der Waals surface area (Å²) in [6, 6.07) is 14.6. The van der Waals surface area contributed by atoms with E-state index in [9.17, 15) is 19.2 Å². The third kappa shape index (κ3) is 7.42. The van der Waals surface area contributed by atoms with Crippen LogP contribution >= 0.6 is 0 Å². The molecule has 0 fully saturated rings. The molecule has 7 heteroatoms. The fraction of sp³-hybridized carbons (Fsp3) is 0.182. The molecule has 0 bridgehead atoms. The number of nitrogens with one attached hydrogen (secondary N) is 2. The van der Waals surface area contributed by atoms with Gasteiger partial charge in [-0.25, -0.2) is 4.79 Å². The highest BCUT2D eigenvalue weighted by atomic mass is 16.5. The minimum absolute atomic E-state index is 0.215. The summed E-state index contributed by atoms with van der Waals surface area (Å²) in [6.45, 7) is 2.41. The third-order valence-corrected chi connectivity index (χ3v) is 3.81. The van der Waals surface area contributed by atoms with Gasteiger partial charge in [0.1, 0.15) is 6.04 Å². The average Bonchev–Trinajstić information content (AvgIpc) is 2.71. The lowest BCUT2D eigenvalue weighted by molar-refractivity contribution is -0.145. The molecule has 0 aliphatic carbocycles. The van der Waals surface area contributed by atoms with Gasteiger partial charge in [0.25, 0.3) is 0 Å². The zero-order valence-corrected chi connectivity index (χ0v) is 16.2. The van der Waals surface area contributed by atoms with Gasteiger partial charge in [-0.3, -0.25) is 14.4 Å². The SMILES string of the molecule is CC(=O)Nc1ccc(C(=O)COC(=O)[C@H](C)NC(=O)/C=C/c2ccccc2)cc1. The van der Waals surface area contributed by atoms with Crippen LogP contribution in [0.4, 0.5) is 5.69 Å². The number of carbonyl (C=O) groups excluding carboxylic acids is 4. The number of esters is 1. The number of Topliss-reactive ketones (excluding diaryl/α,β-unsaturated/α-hetero) is 1. The van der Waals surface area contributed by atoms with Gasteiger partial charge in [-0.1, -0.05) is 30.3 Å². The minimum atomic E-state index is -0.905. The lowest BCUT2D eigenvalue weighted by Gasteiger charge is -2.12. The molecule has 0 saturated carbocycles. The molecular weight excluding hydrogens is 372 g/mol. The number of amides is 2. The quantitative estimate of drug-likeness (QED) is 0.407. The molecule has 0 aromatic heterocycles. The molecule has 29 heavy (non-hydrogen) atoms. The summed E-state index contributed by atoms with van der Waals surface area (Å²) in [7, 11) is 0. The molecular formula is C22H22N2O5. The van der Waals surface area contributed by atoms with Gasteiger partial charge in [0.2, 0.25) is 11.8 Å². The molecule has 0 radical (unpaired) electrons. The number of hydrogen-bond donors (Lipinski definition) is 2. The van der Waals surface area contributed by atoms with Gasteiger partial charge in [0.05, 0.1) is 0 Å². The first-order valence-corrected chi connectivity index (χ1v) is 8.96. The summed E-state index contributed by atoms with van der Waals surface area (Å²) < 4.78 is 4.98. The summed E-state index contributed by atoms with van der Waals surface area (Å²) in [5, 5.41) is 5.08. The van der Waals surface area contributed by atoms with E-state index in [1.807, 2.05) is 30.3 Å². The summed E-state index contributed by atoms with van der Waals surface area (Å²) in [6.07, 6.45) is 2.95. The van der Waals surface area contributed by atoms with Crippen molar-refractivity contribution in [2.45, 2.75) is 19.9 Å². The molecule has 2 rings (SSSR count). The van der Waals surface area contributed by atoms with Gasteiger partial charge in [-0.15, -0.1) is 0 Å². The van der Waals surface area contributed by atoms with Crippen LogP contribution in [0.15, 0.2) is 60.7 Å². The molecule has 1 atom stereocenters. The molecule has 0 saturated heterocycles. The van der Waals surface area contributed by atoms with Crippen LogP contribution in [0.25, 0.3) is 6.08 Å². The molecule has 2 N–H and O–H groups in total. The van der Waals surface area contributed by atoms with Crippen LogP contribution in [-0.2, 0) is 19.1 Å². The fourth-order valence-electron chi connectivity index (χ4n) is 2.34. The highest BCUT2D eigenvalue weighted by Gasteiger charge is 2.18. The van der Waals surface area contributed by atoms with Crippen LogP contribution in [0.5, 0.6) is 0 Å². The van der Waals surface area contributed by atoms with E-state index in [2.05, 4.69) is 10.6 Å². The number of benzene rings is 2. The lowest BCUT2D eigenvalue weighted by Crippen LogP contribution is -2.39. The van der Waals surface area contributed by atoms with Crippen LogP contribution in [0.1, 0.15) is 29.8 Å². The van der Waals surface area contributed by atoms with Crippen molar-refractivity contribution in [3.63, 3.8) is 0 Å². The highest BCUT2D eigenvalue weighted by molar-refractivity contribution is 5.99. The predicted octanol–water partition coefficient (Wildman–Crippen LogP) is 2.59. The highest BCUT2D eigenvalue weighted by Crippen LogP contribution is 2.10. The number of hydrogen-bond acceptors (Lipinski definition) is 5. The first-order chi connectivity index (χ1) is 13.8. The molecule has 2 amide bonds. The van der Waals surface area contributed by atoms with Crippen molar-refractivity contribution in [3.05, 3.63) is 71.8 Å². The first kappa shape index (κ1) is 21.6. The largest absolute Gasteiger partial charge is 0.456 e. The van der Waals surface area contributed by atoms with Crippen molar-refractivity contribution in [1.29, 1.82) is 0 Å². The molecule has 0 aliphatic rings. The van der Waals surface area contributed by atoms with E-state index in [1.54, 1.807) is 18.2 Å². The maximum atomic E-state index is 12.1. The van der Waals surface area contributed by atoms with Crippen molar-refractivity contribution < 1.29 is 23.9 Å². The lowest BCUT2D eigenvalue weighted by atomic mass is 10.1. The Balaban J connectivity index is 1.80. The second-order valence-corrected chi connectivity index (χ2v) is 6.26. The summed E-state index contributed by atoms with van der Waals surface area (Å²) in [5.74, 6) is -1.77. The van der Waals surface area contributed by atoms with E-state index in [0.29, 0.717) is 11.3 Å². The second kappa shape index (κ2) is 10.6. The topological polar surface area (TPSA) is 102 Å². The zero-order valence-electron chi connectivity index (χ0n) is 16.2. The number of rotatable bonds is 8. The Kier molecular flexibility index (Phi) is 7.85. The third-order valence-electron chi connectivity index (χ3n) is 3.81. The molecule has 0 aliphatic heterocycles. The zero-order chi connectivity index (χ0) is 21.2. The van der Waals surface area contributed by atoms with Crippen molar-refractivity contribution in [2.24, 2.45) is 0 Å². The smallest absolute Gasteiger partial charge is 0.328 e. The molecule has 2 aromatic rings. The van der Waals surface area contributed by atoms with Gasteiger partial charge < -0.3 is 15.4 Å². The second-order valence-electron chi connectivity index (χ2n) is 6.26. The molecule has 150 valence electrons. The Labute approximate surface area is 168 Å². The Bertz CT molecular complexity index is 905. The molecule has 0 spiro atoms. The van der Waals surface area contributed by atoms with Gasteiger partial charge in [-0.2, -0.15) is 0 Å². The summed E-state index contributed by atoms with van der Waals surface area (Å²) >= 11 is 0. The van der Waals surface area contributed by atoms with E-state index in [0.717, 1.165) is 5.56 Å². The van der Waals surface area contributed by atoms with E-state index in [4.69, 9.17) is 4.74 Å². The van der Waals surface area contributed by atoms with Crippen molar-refractivity contribution >= 4 is 35.3 Å². The minimum Gasteiger partial charge on any atom is -0.456 e. The number of carbonyl (C=O) groups is 4. The average molecular weight is 394 g/mol. The van der Waals surface area contributed by atoms with Crippen LogP contribution in [0.2, 0.25) is 0 Å². The van der Waals surface area contributed by atoms with Crippen LogP contribution in [0, 0.1) is 0 Å². The van der Waals surface area contributed by atoms with Gasteiger partial charge in [-0.05, 0) is 42.8 Å². The normalized spacial score (nSPS) is 11.5. The Morgan fingerprint density at radius 3 is 2.28 bits per heavy atom. The van der Waals surface area contributed by atoms with Gasteiger partial charge in [0, 0.05) is 24.3 Å². The van der Waals surface area contributed by atoms with Crippen LogP contribution in [-0.4, -0.2) is 36.2 Å². The van der Waals surface area contributed by atoms with E-state index in [-0.39, 0.29) is 5.91 Å². The maximum Gasteiger partial charge on any atom is 0.328 e. The van der Waals surface area contributed by atoms with Gasteiger partial charge in [0.15, 0.2) is 12.4 Å².